The van der Waals surface area contributed by atoms with Crippen LogP contribution < -0.4 is 5.32 Å². The first-order valence-electron chi connectivity index (χ1n) is 6.07. The van der Waals surface area contributed by atoms with Crippen LogP contribution in [0.5, 0.6) is 0 Å². The van der Waals surface area contributed by atoms with Gasteiger partial charge in [0.2, 0.25) is 5.91 Å². The van der Waals surface area contributed by atoms with Crippen molar-refractivity contribution < 1.29 is 19.4 Å². The monoisotopic (exact) mass is 241 g/mol. The van der Waals surface area contributed by atoms with Gasteiger partial charge in [-0.2, -0.15) is 0 Å². The van der Waals surface area contributed by atoms with E-state index < -0.39 is 11.4 Å². The van der Waals surface area contributed by atoms with E-state index in [9.17, 15) is 9.59 Å². The minimum Gasteiger partial charge on any atom is -0.481 e. The van der Waals surface area contributed by atoms with Crippen LogP contribution in [0, 0.1) is 5.41 Å². The lowest BCUT2D eigenvalue weighted by molar-refractivity contribution is -0.143. The van der Waals surface area contributed by atoms with Gasteiger partial charge in [-0.25, -0.2) is 0 Å². The van der Waals surface area contributed by atoms with Crippen molar-refractivity contribution in [2.45, 2.75) is 44.1 Å². The first kappa shape index (κ1) is 12.4. The Labute approximate surface area is 101 Å². The molecule has 0 aromatic heterocycles. The topological polar surface area (TPSA) is 75.6 Å². The van der Waals surface area contributed by atoms with E-state index in [0.717, 1.165) is 19.3 Å². The molecule has 1 amide bonds. The maximum Gasteiger partial charge on any atom is 0.311 e. The van der Waals surface area contributed by atoms with Crippen LogP contribution in [0.15, 0.2) is 0 Å². The number of amides is 1. The maximum absolute atomic E-state index is 11.7. The third-order valence-corrected chi connectivity index (χ3v) is 4.11. The van der Waals surface area contributed by atoms with E-state index in [0.29, 0.717) is 19.3 Å². The van der Waals surface area contributed by atoms with E-state index in [1.807, 2.05) is 0 Å². The molecule has 0 atom stereocenters. The number of ether oxygens (including phenoxy) is 1. The number of hydrogen-bond acceptors (Lipinski definition) is 3. The molecule has 2 aliphatic rings. The Morgan fingerprint density at radius 2 is 1.94 bits per heavy atom. The molecule has 2 aliphatic carbocycles. The third-order valence-electron chi connectivity index (χ3n) is 4.11. The fraction of sp³-hybridized carbons (Fsp3) is 0.833. The summed E-state index contributed by atoms with van der Waals surface area (Å²) >= 11 is 0. The maximum atomic E-state index is 11.7. The Bertz CT molecular complexity index is 326. The highest BCUT2D eigenvalue weighted by Gasteiger charge is 2.50. The number of carbonyl (C=O) groups is 2. The smallest absolute Gasteiger partial charge is 0.311 e. The third kappa shape index (κ3) is 2.44. The Morgan fingerprint density at radius 3 is 2.29 bits per heavy atom. The number of carboxylic acid groups (broad SMARTS) is 1. The quantitative estimate of drug-likeness (QED) is 0.725. The zero-order valence-corrected chi connectivity index (χ0v) is 10.1. The van der Waals surface area contributed by atoms with Gasteiger partial charge in [0, 0.05) is 13.7 Å². The first-order valence-corrected chi connectivity index (χ1v) is 6.07. The number of carboxylic acids is 1. The molecule has 5 nitrogen and oxygen atoms in total. The van der Waals surface area contributed by atoms with Crippen molar-refractivity contribution in [3.63, 3.8) is 0 Å². The highest BCUT2D eigenvalue weighted by Crippen LogP contribution is 2.45. The molecule has 0 bridgehead atoms. The molecule has 0 aromatic carbocycles. The number of methoxy groups -OCH3 is 1. The average molecular weight is 241 g/mol. The van der Waals surface area contributed by atoms with Crippen molar-refractivity contribution in [1.29, 1.82) is 0 Å². The lowest BCUT2D eigenvalue weighted by Gasteiger charge is -2.40. The molecular weight excluding hydrogens is 222 g/mol. The summed E-state index contributed by atoms with van der Waals surface area (Å²) in [5.41, 5.74) is -0.973. The van der Waals surface area contributed by atoms with E-state index in [-0.39, 0.29) is 18.1 Å². The second-order valence-corrected chi connectivity index (χ2v) is 5.28. The van der Waals surface area contributed by atoms with Gasteiger partial charge in [0.15, 0.2) is 0 Å². The van der Waals surface area contributed by atoms with Crippen molar-refractivity contribution in [3.8, 4) is 0 Å². The van der Waals surface area contributed by atoms with Crippen LogP contribution in [0.25, 0.3) is 0 Å². The molecule has 96 valence electrons. The Hall–Kier alpha value is -1.10. The molecule has 2 fully saturated rings. The van der Waals surface area contributed by atoms with Crippen molar-refractivity contribution >= 4 is 11.9 Å². The molecule has 0 unspecified atom stereocenters. The molecule has 5 heteroatoms. The number of carbonyl (C=O) groups excluding carboxylic acids is 1. The SMILES string of the molecule is COC1(CC(=O)NCC2(C(=O)O)CC2)CCC1. The lowest BCUT2D eigenvalue weighted by atomic mass is 9.77. The normalized spacial score (nSPS) is 23.6. The molecule has 2 saturated carbocycles. The van der Waals surface area contributed by atoms with Crippen LogP contribution >= 0.6 is 0 Å². The largest absolute Gasteiger partial charge is 0.481 e. The number of aliphatic carboxylic acids is 1. The molecule has 0 radical (unpaired) electrons. The second kappa shape index (κ2) is 4.29. The van der Waals surface area contributed by atoms with Crippen molar-refractivity contribution in [1.82, 2.24) is 5.32 Å². The van der Waals surface area contributed by atoms with Crippen LogP contribution in [-0.4, -0.2) is 36.2 Å². The molecule has 17 heavy (non-hydrogen) atoms. The predicted molar refractivity (Wildman–Crippen MR) is 60.5 cm³/mol. The Kier molecular flexibility index (Phi) is 3.12. The molecule has 2 rings (SSSR count). The van der Waals surface area contributed by atoms with E-state index >= 15 is 0 Å². The van der Waals surface area contributed by atoms with Crippen LogP contribution in [0.4, 0.5) is 0 Å². The highest BCUT2D eigenvalue weighted by molar-refractivity contribution is 5.81. The van der Waals surface area contributed by atoms with Gasteiger partial charge < -0.3 is 15.2 Å². The van der Waals surface area contributed by atoms with Crippen molar-refractivity contribution in [2.24, 2.45) is 5.41 Å². The predicted octanol–water partition coefficient (Wildman–Crippen LogP) is 0.927. The van der Waals surface area contributed by atoms with E-state index in [1.165, 1.54) is 0 Å². The van der Waals surface area contributed by atoms with Gasteiger partial charge in [-0.3, -0.25) is 9.59 Å². The summed E-state index contributed by atoms with van der Waals surface area (Å²) in [6.45, 7) is 0.251. The Balaban J connectivity index is 1.76. The van der Waals surface area contributed by atoms with Gasteiger partial charge >= 0.3 is 5.97 Å². The van der Waals surface area contributed by atoms with Gasteiger partial charge in [0.1, 0.15) is 0 Å². The number of rotatable bonds is 6. The van der Waals surface area contributed by atoms with Gasteiger partial charge in [-0.05, 0) is 32.1 Å². The van der Waals surface area contributed by atoms with Gasteiger partial charge in [0.05, 0.1) is 17.4 Å². The summed E-state index contributed by atoms with van der Waals surface area (Å²) in [4.78, 5) is 22.7. The van der Waals surface area contributed by atoms with Gasteiger partial charge in [-0.15, -0.1) is 0 Å². The number of nitrogens with one attached hydrogen (secondary N) is 1. The molecule has 2 N–H and O–H groups in total. The molecule has 0 aromatic rings. The van der Waals surface area contributed by atoms with Crippen LogP contribution in [0.2, 0.25) is 0 Å². The lowest BCUT2D eigenvalue weighted by Crippen LogP contribution is -2.45. The van der Waals surface area contributed by atoms with E-state index in [1.54, 1.807) is 7.11 Å². The Morgan fingerprint density at radius 1 is 1.29 bits per heavy atom. The van der Waals surface area contributed by atoms with Crippen molar-refractivity contribution in [2.75, 3.05) is 13.7 Å². The van der Waals surface area contributed by atoms with Gasteiger partial charge in [-0.1, -0.05) is 0 Å². The highest BCUT2D eigenvalue weighted by atomic mass is 16.5. The fourth-order valence-corrected chi connectivity index (χ4v) is 2.26. The molecular formula is C12H19NO4. The summed E-state index contributed by atoms with van der Waals surface area (Å²) in [5.74, 6) is -0.901. The standard InChI is InChI=1S/C12H19NO4/c1-17-12(3-2-4-12)7-9(14)13-8-11(5-6-11)10(15)16/h2-8H2,1H3,(H,13,14)(H,15,16). The van der Waals surface area contributed by atoms with Gasteiger partial charge in [0.25, 0.3) is 0 Å². The summed E-state index contributed by atoms with van der Waals surface area (Å²) in [6.07, 6.45) is 4.61. The average Bonchev–Trinajstić information content (AvgIpc) is 3.01. The fourth-order valence-electron chi connectivity index (χ4n) is 2.26. The first-order chi connectivity index (χ1) is 8.02. The zero-order valence-electron chi connectivity index (χ0n) is 10.1. The minimum atomic E-state index is -0.803. The van der Waals surface area contributed by atoms with E-state index in [4.69, 9.17) is 9.84 Å². The van der Waals surface area contributed by atoms with Crippen molar-refractivity contribution in [3.05, 3.63) is 0 Å². The van der Waals surface area contributed by atoms with Crippen LogP contribution in [0.3, 0.4) is 0 Å². The summed E-state index contributed by atoms with van der Waals surface area (Å²) in [6, 6.07) is 0. The van der Waals surface area contributed by atoms with E-state index in [2.05, 4.69) is 5.32 Å². The summed E-state index contributed by atoms with van der Waals surface area (Å²) in [5, 5.41) is 11.7. The molecule has 0 saturated heterocycles. The molecule has 0 spiro atoms. The number of hydrogen-bond donors (Lipinski definition) is 2. The second-order valence-electron chi connectivity index (χ2n) is 5.28. The summed E-state index contributed by atoms with van der Waals surface area (Å²) in [7, 11) is 1.63. The molecule has 0 heterocycles. The molecule has 0 aliphatic heterocycles. The zero-order chi connectivity index (χ0) is 12.5. The van der Waals surface area contributed by atoms with Crippen LogP contribution in [-0.2, 0) is 14.3 Å². The summed E-state index contributed by atoms with van der Waals surface area (Å²) < 4.78 is 5.36. The van der Waals surface area contributed by atoms with Crippen LogP contribution in [0.1, 0.15) is 38.5 Å². The minimum absolute atomic E-state index is 0.0981.